The Hall–Kier alpha value is -3.44. The van der Waals surface area contributed by atoms with Gasteiger partial charge < -0.3 is 14.7 Å². The van der Waals surface area contributed by atoms with Gasteiger partial charge in [-0.25, -0.2) is 9.18 Å². The Bertz CT molecular complexity index is 1360. The highest BCUT2D eigenvalue weighted by atomic mass is 35.5. The van der Waals surface area contributed by atoms with Crippen LogP contribution in [0, 0.1) is 17.1 Å². The first-order valence-corrected chi connectivity index (χ1v) is 12.9. The van der Waals surface area contributed by atoms with E-state index in [0.717, 1.165) is 6.07 Å². The first-order chi connectivity index (χ1) is 18.2. The average Bonchev–Trinajstić information content (AvgIpc) is 2.90. The van der Waals surface area contributed by atoms with Gasteiger partial charge in [-0.3, -0.25) is 4.79 Å². The van der Waals surface area contributed by atoms with Gasteiger partial charge in [0.15, 0.2) is 0 Å². The lowest BCUT2D eigenvalue weighted by Gasteiger charge is -2.47. The Balaban J connectivity index is 1.87. The van der Waals surface area contributed by atoms with Crippen LogP contribution in [0.5, 0.6) is 0 Å². The third kappa shape index (κ3) is 5.83. The van der Waals surface area contributed by atoms with Crippen molar-refractivity contribution in [3.05, 3.63) is 105 Å². The molecule has 1 unspecified atom stereocenters. The van der Waals surface area contributed by atoms with E-state index in [9.17, 15) is 24.3 Å². The van der Waals surface area contributed by atoms with E-state index in [-0.39, 0.29) is 18.4 Å². The van der Waals surface area contributed by atoms with Crippen molar-refractivity contribution in [1.82, 2.24) is 4.90 Å². The van der Waals surface area contributed by atoms with Crippen LogP contribution in [0.25, 0.3) is 0 Å². The molecule has 1 saturated heterocycles. The highest BCUT2D eigenvalue weighted by Gasteiger charge is 2.48. The zero-order chi connectivity index (χ0) is 27.4. The second kappa shape index (κ2) is 12.0. The summed E-state index contributed by atoms with van der Waals surface area (Å²) in [4.78, 5) is 27.9. The fourth-order valence-electron chi connectivity index (χ4n) is 4.84. The molecule has 1 N–H and O–H groups in total. The molecule has 4 atom stereocenters. The molecule has 3 aromatic rings. The summed E-state index contributed by atoms with van der Waals surface area (Å²) < 4.78 is 20.2. The summed E-state index contributed by atoms with van der Waals surface area (Å²) in [5.41, 5.74) is 1.86. The molecule has 3 aromatic carbocycles. The summed E-state index contributed by atoms with van der Waals surface area (Å²) in [6.45, 7) is 1.85. The van der Waals surface area contributed by atoms with Crippen LogP contribution in [0.4, 0.5) is 4.39 Å². The number of nitriles is 1. The lowest BCUT2D eigenvalue weighted by atomic mass is 9.88. The molecule has 38 heavy (non-hydrogen) atoms. The first kappa shape index (κ1) is 27.6. The molecule has 1 aliphatic rings. The second-order valence-corrected chi connectivity index (χ2v) is 9.97. The van der Waals surface area contributed by atoms with Gasteiger partial charge in [-0.05, 0) is 59.5 Å². The minimum Gasteiger partial charge on any atom is -0.480 e. The molecular weight excluding hydrogens is 530 g/mol. The standard InChI is InChI=1S/C29H25Cl2FN2O4/c1-2-3-24(29(36)37)34-26(17-4-9-21(30)10-5-17)27(18-6-11-22(31)12-7-18)38-25(28(34)35)15-19-8-13-23(32)14-20(19)16-33/h4-14,24-27H,2-3,15H2,1H3,(H,36,37)/t24?,25-,26+,27-/m0/s1. The number of halogens is 3. The number of carboxylic acid groups (broad SMARTS) is 1. The van der Waals surface area contributed by atoms with Gasteiger partial charge in [0.1, 0.15) is 24.1 Å². The quantitative estimate of drug-likeness (QED) is 0.342. The van der Waals surface area contributed by atoms with Crippen molar-refractivity contribution in [1.29, 1.82) is 5.26 Å². The van der Waals surface area contributed by atoms with Crippen molar-refractivity contribution < 1.29 is 23.8 Å². The topological polar surface area (TPSA) is 90.6 Å². The number of nitrogens with zero attached hydrogens (tertiary/aromatic N) is 2. The number of hydrogen-bond donors (Lipinski definition) is 1. The number of carbonyl (C=O) groups is 2. The fourth-order valence-corrected chi connectivity index (χ4v) is 5.09. The molecular formula is C29H25Cl2FN2O4. The van der Waals surface area contributed by atoms with Crippen molar-refractivity contribution in [3.63, 3.8) is 0 Å². The van der Waals surface area contributed by atoms with Gasteiger partial charge in [-0.2, -0.15) is 5.26 Å². The van der Waals surface area contributed by atoms with Gasteiger partial charge in [-0.15, -0.1) is 0 Å². The zero-order valence-corrected chi connectivity index (χ0v) is 22.0. The SMILES string of the molecule is CCCC(C(=O)O)N1C(=O)[C@H](Cc2ccc(F)cc2C#N)O[C@@H](c2ccc(Cl)cc2)[C@H]1c1ccc(Cl)cc1. The molecule has 1 heterocycles. The number of ether oxygens (including phenoxy) is 1. The van der Waals surface area contributed by atoms with Crippen LogP contribution in [0.3, 0.4) is 0 Å². The number of benzene rings is 3. The lowest BCUT2D eigenvalue weighted by molar-refractivity contribution is -0.184. The summed E-state index contributed by atoms with van der Waals surface area (Å²) in [5.74, 6) is -2.23. The summed E-state index contributed by atoms with van der Waals surface area (Å²) in [6.07, 6.45) is -1.15. The van der Waals surface area contributed by atoms with E-state index in [2.05, 4.69) is 0 Å². The maximum Gasteiger partial charge on any atom is 0.326 e. The van der Waals surface area contributed by atoms with E-state index in [0.29, 0.717) is 33.2 Å². The zero-order valence-electron chi connectivity index (χ0n) is 20.5. The molecule has 0 bridgehead atoms. The number of aliphatic carboxylic acids is 1. The maximum absolute atomic E-state index is 14.0. The predicted molar refractivity (Wildman–Crippen MR) is 141 cm³/mol. The summed E-state index contributed by atoms with van der Waals surface area (Å²) >= 11 is 12.3. The number of carbonyl (C=O) groups excluding carboxylic acids is 1. The van der Waals surface area contributed by atoms with Crippen LogP contribution in [0.2, 0.25) is 10.0 Å². The Morgan fingerprint density at radius 3 is 2.24 bits per heavy atom. The van der Waals surface area contributed by atoms with Gasteiger partial charge in [0, 0.05) is 16.5 Å². The second-order valence-electron chi connectivity index (χ2n) is 9.10. The number of morpholine rings is 1. The maximum atomic E-state index is 14.0. The Morgan fingerprint density at radius 2 is 1.68 bits per heavy atom. The number of rotatable bonds is 8. The predicted octanol–water partition coefficient (Wildman–Crippen LogP) is 6.51. The molecule has 0 spiro atoms. The molecule has 1 aliphatic heterocycles. The van der Waals surface area contributed by atoms with Crippen LogP contribution in [0.1, 0.15) is 54.2 Å². The normalized spacial score (nSPS) is 20.1. The van der Waals surface area contributed by atoms with Crippen LogP contribution in [-0.2, 0) is 20.7 Å². The molecule has 1 fully saturated rings. The molecule has 9 heteroatoms. The Labute approximate surface area is 230 Å². The van der Waals surface area contributed by atoms with Crippen molar-refractivity contribution in [2.24, 2.45) is 0 Å². The first-order valence-electron chi connectivity index (χ1n) is 12.1. The van der Waals surface area contributed by atoms with Gasteiger partial charge in [-0.1, -0.05) is 66.9 Å². The summed E-state index contributed by atoms with van der Waals surface area (Å²) in [6, 6.07) is 17.6. The number of hydrogen-bond acceptors (Lipinski definition) is 4. The van der Waals surface area contributed by atoms with E-state index < -0.39 is 42.0 Å². The van der Waals surface area contributed by atoms with Gasteiger partial charge >= 0.3 is 5.97 Å². The van der Waals surface area contributed by atoms with Crippen LogP contribution >= 0.6 is 23.2 Å². The fraction of sp³-hybridized carbons (Fsp3) is 0.276. The molecule has 4 rings (SSSR count). The van der Waals surface area contributed by atoms with E-state index in [1.54, 1.807) is 48.5 Å². The van der Waals surface area contributed by atoms with Crippen LogP contribution in [-0.4, -0.2) is 34.0 Å². The molecule has 6 nitrogen and oxygen atoms in total. The summed E-state index contributed by atoms with van der Waals surface area (Å²) in [7, 11) is 0. The van der Waals surface area contributed by atoms with Crippen molar-refractivity contribution >= 4 is 35.1 Å². The third-order valence-electron chi connectivity index (χ3n) is 6.62. The van der Waals surface area contributed by atoms with E-state index in [4.69, 9.17) is 27.9 Å². The molecule has 0 radical (unpaired) electrons. The van der Waals surface area contributed by atoms with E-state index in [1.807, 2.05) is 13.0 Å². The smallest absolute Gasteiger partial charge is 0.326 e. The lowest BCUT2D eigenvalue weighted by Crippen LogP contribution is -2.57. The third-order valence-corrected chi connectivity index (χ3v) is 7.12. The van der Waals surface area contributed by atoms with Gasteiger partial charge in [0.25, 0.3) is 5.91 Å². The van der Waals surface area contributed by atoms with E-state index >= 15 is 0 Å². The Kier molecular flexibility index (Phi) is 8.68. The molecule has 1 amide bonds. The molecule has 0 aromatic heterocycles. The Morgan fingerprint density at radius 1 is 1.08 bits per heavy atom. The molecule has 0 aliphatic carbocycles. The van der Waals surface area contributed by atoms with Crippen molar-refractivity contribution in [3.8, 4) is 6.07 Å². The highest BCUT2D eigenvalue weighted by Crippen LogP contribution is 2.44. The largest absolute Gasteiger partial charge is 0.480 e. The van der Waals surface area contributed by atoms with Crippen molar-refractivity contribution in [2.75, 3.05) is 0 Å². The minimum atomic E-state index is -1.13. The minimum absolute atomic E-state index is 0.0333. The van der Waals surface area contributed by atoms with E-state index in [1.165, 1.54) is 17.0 Å². The molecule has 0 saturated carbocycles. The monoisotopic (exact) mass is 554 g/mol. The van der Waals surface area contributed by atoms with Gasteiger partial charge in [0.2, 0.25) is 0 Å². The van der Waals surface area contributed by atoms with Crippen molar-refractivity contribution in [2.45, 2.75) is 50.5 Å². The highest BCUT2D eigenvalue weighted by molar-refractivity contribution is 6.30. The van der Waals surface area contributed by atoms with Crippen LogP contribution < -0.4 is 0 Å². The summed E-state index contributed by atoms with van der Waals surface area (Å²) in [5, 5.41) is 20.7. The molecule has 196 valence electrons. The average molecular weight is 555 g/mol. The number of carboxylic acids is 1. The van der Waals surface area contributed by atoms with Crippen LogP contribution in [0.15, 0.2) is 66.7 Å². The van der Waals surface area contributed by atoms with Gasteiger partial charge in [0.05, 0.1) is 17.7 Å². The number of amides is 1.